The molecule has 0 fully saturated rings. The molecule has 50 valence electrons. The molecule has 0 amide bonds. The third kappa shape index (κ3) is 0.786. The quantitative estimate of drug-likeness (QED) is 0.568. The van der Waals surface area contributed by atoms with E-state index in [0.717, 1.165) is 10.2 Å². The summed E-state index contributed by atoms with van der Waals surface area (Å²) in [5.74, 6) is 0. The number of nitrogens with zero attached hydrogens (tertiary/aromatic N) is 2. The van der Waals surface area contributed by atoms with Crippen molar-refractivity contribution in [3.05, 3.63) is 22.9 Å². The summed E-state index contributed by atoms with van der Waals surface area (Å²) in [5, 5.41) is 0.542. The van der Waals surface area contributed by atoms with Crippen LogP contribution in [0.1, 0.15) is 0 Å². The summed E-state index contributed by atoms with van der Waals surface area (Å²) in [7, 11) is 0. The molecule has 0 aromatic carbocycles. The summed E-state index contributed by atoms with van der Waals surface area (Å²) >= 11 is 7.27. The Morgan fingerprint density at radius 1 is 1.40 bits per heavy atom. The Labute approximate surface area is 66.5 Å². The first kappa shape index (κ1) is 6.07. The molecule has 0 unspecified atom stereocenters. The third-order valence-corrected chi connectivity index (χ3v) is 2.45. The molecule has 2 nitrogen and oxygen atoms in total. The molecule has 2 rings (SSSR count). The summed E-state index contributed by atoms with van der Waals surface area (Å²) < 4.78 is 0.962. The number of halogens is 1. The summed E-state index contributed by atoms with van der Waals surface area (Å²) in [4.78, 5) is 7.99. The van der Waals surface area contributed by atoms with Crippen LogP contribution in [0, 0.1) is 0 Å². The Kier molecular flexibility index (Phi) is 1.32. The van der Waals surface area contributed by atoms with E-state index >= 15 is 0 Å². The summed E-state index contributed by atoms with van der Waals surface area (Å²) in [5.41, 5.74) is 2.68. The summed E-state index contributed by atoms with van der Waals surface area (Å²) in [6.07, 6.45) is 1.66. The van der Waals surface area contributed by atoms with Gasteiger partial charge in [0.05, 0.1) is 15.7 Å². The zero-order valence-corrected chi connectivity index (χ0v) is 6.49. The Hall–Kier alpha value is -0.670. The summed E-state index contributed by atoms with van der Waals surface area (Å²) in [6.45, 7) is 0. The first-order valence-electron chi connectivity index (χ1n) is 2.71. The van der Waals surface area contributed by atoms with E-state index in [2.05, 4.69) is 9.97 Å². The van der Waals surface area contributed by atoms with Gasteiger partial charge < -0.3 is 0 Å². The molecule has 0 aliphatic heterocycles. The van der Waals surface area contributed by atoms with Crippen LogP contribution < -0.4 is 0 Å². The van der Waals surface area contributed by atoms with E-state index in [-0.39, 0.29) is 0 Å². The first-order chi connectivity index (χ1) is 4.88. The second-order valence-electron chi connectivity index (χ2n) is 1.80. The minimum atomic E-state index is 0.542. The molecule has 0 spiro atoms. The van der Waals surface area contributed by atoms with E-state index in [9.17, 15) is 0 Å². The van der Waals surface area contributed by atoms with Gasteiger partial charge in [0.1, 0.15) is 5.15 Å². The second-order valence-corrected chi connectivity index (χ2v) is 3.02. The SMILES string of the molecule is Clc1nccc2ncsc12. The first-order valence-corrected chi connectivity index (χ1v) is 3.97. The number of hydrogen-bond acceptors (Lipinski definition) is 3. The van der Waals surface area contributed by atoms with Crippen molar-refractivity contribution in [3.8, 4) is 0 Å². The lowest BCUT2D eigenvalue weighted by molar-refractivity contribution is 1.36. The molecule has 10 heavy (non-hydrogen) atoms. The van der Waals surface area contributed by atoms with Gasteiger partial charge in [-0.25, -0.2) is 9.97 Å². The molecule has 0 bridgehead atoms. The smallest absolute Gasteiger partial charge is 0.148 e. The van der Waals surface area contributed by atoms with Crippen molar-refractivity contribution in [1.29, 1.82) is 0 Å². The maximum atomic E-state index is 5.76. The van der Waals surface area contributed by atoms with Gasteiger partial charge in [0.2, 0.25) is 0 Å². The maximum Gasteiger partial charge on any atom is 0.148 e. The van der Waals surface area contributed by atoms with E-state index in [1.54, 1.807) is 11.7 Å². The minimum absolute atomic E-state index is 0.542. The largest absolute Gasteiger partial charge is 0.244 e. The predicted molar refractivity (Wildman–Crippen MR) is 42.4 cm³/mol. The van der Waals surface area contributed by atoms with Crippen LogP contribution in [0.2, 0.25) is 5.15 Å². The Morgan fingerprint density at radius 3 is 3.10 bits per heavy atom. The fourth-order valence-electron chi connectivity index (χ4n) is 0.760. The van der Waals surface area contributed by atoms with Gasteiger partial charge in [0.25, 0.3) is 0 Å². The Morgan fingerprint density at radius 2 is 2.30 bits per heavy atom. The zero-order chi connectivity index (χ0) is 6.97. The molecule has 0 aliphatic carbocycles. The molecule has 0 aliphatic rings. The average molecular weight is 171 g/mol. The molecule has 2 aromatic heterocycles. The average Bonchev–Trinajstić information content (AvgIpc) is 2.36. The van der Waals surface area contributed by atoms with Crippen LogP contribution >= 0.6 is 22.9 Å². The fourth-order valence-corrected chi connectivity index (χ4v) is 1.71. The zero-order valence-electron chi connectivity index (χ0n) is 4.91. The lowest BCUT2D eigenvalue weighted by atomic mass is 10.4. The molecule has 2 heterocycles. The molecule has 4 heteroatoms. The van der Waals surface area contributed by atoms with Gasteiger partial charge in [-0.15, -0.1) is 11.3 Å². The highest BCUT2D eigenvalue weighted by atomic mass is 35.5. The van der Waals surface area contributed by atoms with Gasteiger partial charge in [-0.1, -0.05) is 11.6 Å². The van der Waals surface area contributed by atoms with Gasteiger partial charge in [0.15, 0.2) is 0 Å². The predicted octanol–water partition coefficient (Wildman–Crippen LogP) is 2.34. The van der Waals surface area contributed by atoms with Crippen molar-refractivity contribution in [2.45, 2.75) is 0 Å². The van der Waals surface area contributed by atoms with Gasteiger partial charge in [-0.3, -0.25) is 0 Å². The van der Waals surface area contributed by atoms with Crippen molar-refractivity contribution in [1.82, 2.24) is 9.97 Å². The Balaban J connectivity index is 2.95. The van der Waals surface area contributed by atoms with Crippen LogP contribution in [0.25, 0.3) is 10.2 Å². The minimum Gasteiger partial charge on any atom is -0.244 e. The van der Waals surface area contributed by atoms with Crippen molar-refractivity contribution < 1.29 is 0 Å². The van der Waals surface area contributed by atoms with Crippen LogP contribution in [0.4, 0.5) is 0 Å². The number of aromatic nitrogens is 2. The van der Waals surface area contributed by atoms with Crippen LogP contribution in [-0.2, 0) is 0 Å². The van der Waals surface area contributed by atoms with Gasteiger partial charge in [-0.05, 0) is 6.07 Å². The number of hydrogen-bond donors (Lipinski definition) is 0. The maximum absolute atomic E-state index is 5.76. The summed E-state index contributed by atoms with van der Waals surface area (Å²) in [6, 6.07) is 1.84. The normalized spacial score (nSPS) is 10.5. The highest BCUT2D eigenvalue weighted by Crippen LogP contribution is 2.23. The van der Waals surface area contributed by atoms with Gasteiger partial charge >= 0.3 is 0 Å². The van der Waals surface area contributed by atoms with Crippen molar-refractivity contribution in [3.63, 3.8) is 0 Å². The molecule has 0 radical (unpaired) electrons. The van der Waals surface area contributed by atoms with E-state index in [1.807, 2.05) is 6.07 Å². The van der Waals surface area contributed by atoms with Crippen LogP contribution in [-0.4, -0.2) is 9.97 Å². The topological polar surface area (TPSA) is 25.8 Å². The van der Waals surface area contributed by atoms with Crippen molar-refractivity contribution >= 4 is 33.2 Å². The molecule has 0 N–H and O–H groups in total. The lowest BCUT2D eigenvalue weighted by Crippen LogP contribution is -1.72. The number of thiazole rings is 1. The van der Waals surface area contributed by atoms with Crippen LogP contribution in [0.15, 0.2) is 17.8 Å². The van der Waals surface area contributed by atoms with Crippen molar-refractivity contribution in [2.24, 2.45) is 0 Å². The molecule has 0 atom stereocenters. The molecular weight excluding hydrogens is 168 g/mol. The standard InChI is InChI=1S/C6H3ClN2S/c7-6-5-4(1-2-8-6)9-3-10-5/h1-3H. The molecule has 2 aromatic rings. The lowest BCUT2D eigenvalue weighted by Gasteiger charge is -1.87. The molecular formula is C6H3ClN2S. The Bertz CT molecular complexity index is 357. The highest BCUT2D eigenvalue weighted by Gasteiger charge is 1.99. The van der Waals surface area contributed by atoms with Crippen molar-refractivity contribution in [2.75, 3.05) is 0 Å². The highest BCUT2D eigenvalue weighted by molar-refractivity contribution is 7.17. The van der Waals surface area contributed by atoms with E-state index < -0.39 is 0 Å². The monoisotopic (exact) mass is 170 g/mol. The number of pyridine rings is 1. The number of fused-ring (bicyclic) bond motifs is 1. The second kappa shape index (κ2) is 2.18. The van der Waals surface area contributed by atoms with E-state index in [1.165, 1.54) is 11.3 Å². The third-order valence-electron chi connectivity index (χ3n) is 1.20. The molecule has 0 saturated heterocycles. The van der Waals surface area contributed by atoms with Crippen LogP contribution in [0.5, 0.6) is 0 Å². The van der Waals surface area contributed by atoms with Gasteiger partial charge in [0, 0.05) is 6.20 Å². The van der Waals surface area contributed by atoms with E-state index in [0.29, 0.717) is 5.15 Å². The van der Waals surface area contributed by atoms with E-state index in [4.69, 9.17) is 11.6 Å². The van der Waals surface area contributed by atoms with Gasteiger partial charge in [-0.2, -0.15) is 0 Å². The fraction of sp³-hybridized carbons (Fsp3) is 0. The van der Waals surface area contributed by atoms with Crippen LogP contribution in [0.3, 0.4) is 0 Å². The molecule has 0 saturated carbocycles. The number of rotatable bonds is 0.